The van der Waals surface area contributed by atoms with Gasteiger partial charge in [0, 0.05) is 11.8 Å². The molecule has 0 amide bonds. The van der Waals surface area contributed by atoms with Crippen molar-refractivity contribution in [1.82, 2.24) is 9.97 Å². The zero-order chi connectivity index (χ0) is 10.7. The molecule has 0 radical (unpaired) electrons. The first kappa shape index (κ1) is 9.65. The maximum Gasteiger partial charge on any atom is 0.128 e. The second-order valence-corrected chi connectivity index (χ2v) is 3.24. The van der Waals surface area contributed by atoms with Gasteiger partial charge in [0.05, 0.1) is 24.7 Å². The molecule has 0 atom stereocenters. The van der Waals surface area contributed by atoms with Crippen molar-refractivity contribution in [3.05, 3.63) is 42.4 Å². The fraction of sp³-hybridized carbons (Fsp3) is 0.167. The predicted octanol–water partition coefficient (Wildman–Crippen LogP) is 2.46. The van der Waals surface area contributed by atoms with Gasteiger partial charge in [-0.2, -0.15) is 0 Å². The highest BCUT2D eigenvalue weighted by molar-refractivity contribution is 5.66. The van der Waals surface area contributed by atoms with Gasteiger partial charge in [-0.25, -0.2) is 0 Å². The molecule has 3 heteroatoms. The Labute approximate surface area is 88.8 Å². The highest BCUT2D eigenvalue weighted by atomic mass is 16.5. The summed E-state index contributed by atoms with van der Waals surface area (Å²) in [5.74, 6) is 0.815. The van der Waals surface area contributed by atoms with E-state index in [0.29, 0.717) is 0 Å². The highest BCUT2D eigenvalue weighted by Gasteiger charge is 2.05. The zero-order valence-corrected chi connectivity index (χ0v) is 8.77. The SMILES string of the molecule is COc1ccccc1-c1cnc(C)cn1. The van der Waals surface area contributed by atoms with Crippen LogP contribution in [0.2, 0.25) is 0 Å². The quantitative estimate of drug-likeness (QED) is 0.747. The maximum atomic E-state index is 5.26. The van der Waals surface area contributed by atoms with Gasteiger partial charge in [-0.1, -0.05) is 12.1 Å². The lowest BCUT2D eigenvalue weighted by atomic mass is 10.1. The maximum absolute atomic E-state index is 5.26. The molecule has 0 saturated carbocycles. The number of ether oxygens (including phenoxy) is 1. The van der Waals surface area contributed by atoms with E-state index in [4.69, 9.17) is 4.74 Å². The number of aryl methyl sites for hydroxylation is 1. The van der Waals surface area contributed by atoms with Crippen LogP contribution < -0.4 is 4.74 Å². The molecule has 3 nitrogen and oxygen atoms in total. The molecular weight excluding hydrogens is 188 g/mol. The van der Waals surface area contributed by atoms with Crippen LogP contribution in [0.3, 0.4) is 0 Å². The summed E-state index contributed by atoms with van der Waals surface area (Å²) < 4.78 is 5.26. The number of nitrogens with zero attached hydrogens (tertiary/aromatic N) is 2. The Bertz CT molecular complexity index is 451. The number of hydrogen-bond donors (Lipinski definition) is 0. The van der Waals surface area contributed by atoms with E-state index < -0.39 is 0 Å². The monoisotopic (exact) mass is 200 g/mol. The second-order valence-electron chi connectivity index (χ2n) is 3.24. The van der Waals surface area contributed by atoms with Crippen LogP contribution in [0, 0.1) is 6.92 Å². The number of para-hydroxylation sites is 1. The Morgan fingerprint density at radius 3 is 2.53 bits per heavy atom. The minimum Gasteiger partial charge on any atom is -0.496 e. The smallest absolute Gasteiger partial charge is 0.128 e. The van der Waals surface area contributed by atoms with Gasteiger partial charge >= 0.3 is 0 Å². The van der Waals surface area contributed by atoms with Crippen LogP contribution >= 0.6 is 0 Å². The van der Waals surface area contributed by atoms with Crippen LogP contribution in [0.5, 0.6) is 5.75 Å². The molecular formula is C12H12N2O. The second kappa shape index (κ2) is 4.09. The van der Waals surface area contributed by atoms with Crippen molar-refractivity contribution >= 4 is 0 Å². The molecule has 0 aliphatic carbocycles. The molecule has 0 bridgehead atoms. The Morgan fingerprint density at radius 1 is 1.07 bits per heavy atom. The van der Waals surface area contributed by atoms with E-state index in [2.05, 4.69) is 9.97 Å². The molecule has 0 saturated heterocycles. The molecule has 0 spiro atoms. The van der Waals surface area contributed by atoms with Gasteiger partial charge in [0.15, 0.2) is 0 Å². The van der Waals surface area contributed by atoms with Crippen LogP contribution in [0.4, 0.5) is 0 Å². The highest BCUT2D eigenvalue weighted by Crippen LogP contribution is 2.27. The molecule has 1 heterocycles. The zero-order valence-electron chi connectivity index (χ0n) is 8.77. The molecule has 0 aliphatic heterocycles. The molecule has 15 heavy (non-hydrogen) atoms. The standard InChI is InChI=1S/C12H12N2O/c1-9-7-14-11(8-13-9)10-5-3-4-6-12(10)15-2/h3-8H,1-2H3. The number of benzene rings is 1. The summed E-state index contributed by atoms with van der Waals surface area (Å²) in [7, 11) is 1.65. The summed E-state index contributed by atoms with van der Waals surface area (Å²) in [6.45, 7) is 1.92. The van der Waals surface area contributed by atoms with Crippen molar-refractivity contribution in [2.45, 2.75) is 6.92 Å². The van der Waals surface area contributed by atoms with Gasteiger partial charge < -0.3 is 4.74 Å². The van der Waals surface area contributed by atoms with E-state index in [-0.39, 0.29) is 0 Å². The van der Waals surface area contributed by atoms with Gasteiger partial charge in [-0.3, -0.25) is 9.97 Å². The number of rotatable bonds is 2. The van der Waals surface area contributed by atoms with E-state index in [1.807, 2.05) is 31.2 Å². The molecule has 2 aromatic rings. The molecule has 0 unspecified atom stereocenters. The summed E-state index contributed by atoms with van der Waals surface area (Å²) in [5.41, 5.74) is 2.71. The largest absolute Gasteiger partial charge is 0.496 e. The van der Waals surface area contributed by atoms with Crippen LogP contribution in [0.1, 0.15) is 5.69 Å². The van der Waals surface area contributed by atoms with Crippen molar-refractivity contribution in [1.29, 1.82) is 0 Å². The van der Waals surface area contributed by atoms with Gasteiger partial charge in [-0.15, -0.1) is 0 Å². The lowest BCUT2D eigenvalue weighted by Gasteiger charge is -2.06. The Hall–Kier alpha value is -1.90. The predicted molar refractivity (Wildman–Crippen MR) is 58.8 cm³/mol. The van der Waals surface area contributed by atoms with Crippen molar-refractivity contribution in [2.24, 2.45) is 0 Å². The van der Waals surface area contributed by atoms with E-state index in [1.165, 1.54) is 0 Å². The minimum absolute atomic E-state index is 0.815. The summed E-state index contributed by atoms with van der Waals surface area (Å²) in [6.07, 6.45) is 3.51. The summed E-state index contributed by atoms with van der Waals surface area (Å²) in [5, 5.41) is 0. The third-order valence-electron chi connectivity index (χ3n) is 2.16. The topological polar surface area (TPSA) is 35.0 Å². The third-order valence-corrected chi connectivity index (χ3v) is 2.16. The molecule has 2 rings (SSSR count). The normalized spacial score (nSPS) is 10.0. The lowest BCUT2D eigenvalue weighted by molar-refractivity contribution is 0.416. The third kappa shape index (κ3) is 1.96. The summed E-state index contributed by atoms with van der Waals surface area (Å²) in [6, 6.07) is 7.78. The average Bonchev–Trinajstić information content (AvgIpc) is 2.30. The van der Waals surface area contributed by atoms with Crippen LogP contribution in [0.25, 0.3) is 11.3 Å². The minimum atomic E-state index is 0.815. The van der Waals surface area contributed by atoms with Crippen molar-refractivity contribution in [3.63, 3.8) is 0 Å². The van der Waals surface area contributed by atoms with Crippen LogP contribution in [0.15, 0.2) is 36.7 Å². The van der Waals surface area contributed by atoms with E-state index in [1.54, 1.807) is 19.5 Å². The Morgan fingerprint density at radius 2 is 1.87 bits per heavy atom. The lowest BCUT2D eigenvalue weighted by Crippen LogP contribution is -1.91. The van der Waals surface area contributed by atoms with Gasteiger partial charge in [0.2, 0.25) is 0 Å². The number of aromatic nitrogens is 2. The Kier molecular flexibility index (Phi) is 2.63. The molecule has 76 valence electrons. The molecule has 0 aliphatic rings. The van der Waals surface area contributed by atoms with E-state index in [0.717, 1.165) is 22.7 Å². The molecule has 1 aromatic carbocycles. The molecule has 0 fully saturated rings. The fourth-order valence-corrected chi connectivity index (χ4v) is 1.39. The first-order valence-corrected chi connectivity index (χ1v) is 4.73. The fourth-order valence-electron chi connectivity index (χ4n) is 1.39. The molecule has 0 N–H and O–H groups in total. The average molecular weight is 200 g/mol. The van der Waals surface area contributed by atoms with E-state index in [9.17, 15) is 0 Å². The summed E-state index contributed by atoms with van der Waals surface area (Å²) >= 11 is 0. The first-order valence-electron chi connectivity index (χ1n) is 4.73. The number of hydrogen-bond acceptors (Lipinski definition) is 3. The van der Waals surface area contributed by atoms with Crippen molar-refractivity contribution in [2.75, 3.05) is 7.11 Å². The van der Waals surface area contributed by atoms with Gasteiger partial charge in [0.1, 0.15) is 5.75 Å². The van der Waals surface area contributed by atoms with Gasteiger partial charge in [0.25, 0.3) is 0 Å². The molecule has 1 aromatic heterocycles. The Balaban J connectivity index is 2.49. The van der Waals surface area contributed by atoms with Crippen LogP contribution in [-0.4, -0.2) is 17.1 Å². The van der Waals surface area contributed by atoms with Crippen molar-refractivity contribution in [3.8, 4) is 17.0 Å². The number of methoxy groups -OCH3 is 1. The van der Waals surface area contributed by atoms with Crippen molar-refractivity contribution < 1.29 is 4.74 Å². The first-order chi connectivity index (χ1) is 7.31. The van der Waals surface area contributed by atoms with Gasteiger partial charge in [-0.05, 0) is 19.1 Å². The van der Waals surface area contributed by atoms with Crippen LogP contribution in [-0.2, 0) is 0 Å². The van der Waals surface area contributed by atoms with E-state index >= 15 is 0 Å². The summed E-state index contributed by atoms with van der Waals surface area (Å²) in [4.78, 5) is 8.53.